The van der Waals surface area contributed by atoms with Crippen LogP contribution in [0.25, 0.3) is 0 Å². The van der Waals surface area contributed by atoms with E-state index in [0.29, 0.717) is 12.6 Å². The number of hydrogen-bond acceptors (Lipinski definition) is 3. The summed E-state index contributed by atoms with van der Waals surface area (Å²) < 4.78 is 10.6. The highest BCUT2D eigenvalue weighted by Crippen LogP contribution is 2.15. The molecule has 0 aromatic carbocycles. The summed E-state index contributed by atoms with van der Waals surface area (Å²) in [5.74, 6) is 0.944. The molecule has 0 fully saturated rings. The number of furan rings is 1. The van der Waals surface area contributed by atoms with Crippen molar-refractivity contribution in [3.63, 3.8) is 0 Å². The van der Waals surface area contributed by atoms with Crippen molar-refractivity contribution in [2.24, 2.45) is 0 Å². The highest BCUT2D eigenvalue weighted by molar-refractivity contribution is 5.04. The monoisotopic (exact) mass is 211 g/mol. The lowest BCUT2D eigenvalue weighted by molar-refractivity contribution is 0.151. The van der Waals surface area contributed by atoms with Gasteiger partial charge in [0.1, 0.15) is 5.76 Å². The lowest BCUT2D eigenvalue weighted by atomic mass is 10.1. The largest absolute Gasteiger partial charge is 0.468 e. The first-order valence-electron chi connectivity index (χ1n) is 5.56. The van der Waals surface area contributed by atoms with E-state index in [4.69, 9.17) is 9.15 Å². The minimum Gasteiger partial charge on any atom is -0.468 e. The molecule has 3 nitrogen and oxygen atoms in total. The second-order valence-electron chi connectivity index (χ2n) is 3.88. The van der Waals surface area contributed by atoms with Gasteiger partial charge in [-0.25, -0.2) is 0 Å². The average molecular weight is 211 g/mol. The first-order valence-corrected chi connectivity index (χ1v) is 5.56. The molecule has 0 spiro atoms. The smallest absolute Gasteiger partial charge is 0.123 e. The molecule has 3 heteroatoms. The Morgan fingerprint density at radius 1 is 1.53 bits per heavy atom. The lowest BCUT2D eigenvalue weighted by Gasteiger charge is -2.20. The van der Waals surface area contributed by atoms with E-state index in [2.05, 4.69) is 19.2 Å². The van der Waals surface area contributed by atoms with Gasteiger partial charge in [0.15, 0.2) is 0 Å². The van der Waals surface area contributed by atoms with E-state index >= 15 is 0 Å². The SMILES string of the molecule is CCCC(C)NC(COC)c1ccco1. The highest BCUT2D eigenvalue weighted by Gasteiger charge is 2.15. The third kappa shape index (κ3) is 4.06. The van der Waals surface area contributed by atoms with Crippen LogP contribution in [0.15, 0.2) is 22.8 Å². The molecule has 1 aromatic heterocycles. The maximum absolute atomic E-state index is 5.38. The van der Waals surface area contributed by atoms with Gasteiger partial charge in [0.2, 0.25) is 0 Å². The Balaban J connectivity index is 2.51. The molecular weight excluding hydrogens is 190 g/mol. The Hall–Kier alpha value is -0.800. The standard InChI is InChI=1S/C12H21NO2/c1-4-6-10(2)13-11(9-14-3)12-7-5-8-15-12/h5,7-8,10-11,13H,4,6,9H2,1-3H3. The number of rotatable bonds is 7. The van der Waals surface area contributed by atoms with Gasteiger partial charge in [-0.2, -0.15) is 0 Å². The summed E-state index contributed by atoms with van der Waals surface area (Å²) in [6.45, 7) is 5.02. The zero-order valence-electron chi connectivity index (χ0n) is 9.82. The van der Waals surface area contributed by atoms with E-state index < -0.39 is 0 Å². The van der Waals surface area contributed by atoms with E-state index in [1.165, 1.54) is 12.8 Å². The quantitative estimate of drug-likeness (QED) is 0.753. The predicted molar refractivity (Wildman–Crippen MR) is 60.8 cm³/mol. The van der Waals surface area contributed by atoms with Crippen molar-refractivity contribution in [2.75, 3.05) is 13.7 Å². The van der Waals surface area contributed by atoms with Crippen molar-refractivity contribution in [3.05, 3.63) is 24.2 Å². The summed E-state index contributed by atoms with van der Waals surface area (Å²) in [5, 5.41) is 3.50. The fourth-order valence-electron chi connectivity index (χ4n) is 1.73. The van der Waals surface area contributed by atoms with E-state index in [-0.39, 0.29) is 6.04 Å². The molecule has 0 aliphatic carbocycles. The van der Waals surface area contributed by atoms with Gasteiger partial charge in [0, 0.05) is 13.2 Å². The molecule has 86 valence electrons. The summed E-state index contributed by atoms with van der Waals surface area (Å²) in [4.78, 5) is 0. The molecule has 1 heterocycles. The van der Waals surface area contributed by atoms with Crippen LogP contribution in [0.4, 0.5) is 0 Å². The molecule has 0 radical (unpaired) electrons. The van der Waals surface area contributed by atoms with E-state index in [1.54, 1.807) is 13.4 Å². The molecule has 1 aromatic rings. The van der Waals surface area contributed by atoms with Crippen molar-refractivity contribution in [1.82, 2.24) is 5.32 Å². The maximum Gasteiger partial charge on any atom is 0.123 e. The molecule has 0 saturated heterocycles. The third-order valence-electron chi connectivity index (χ3n) is 2.43. The summed E-state index contributed by atoms with van der Waals surface area (Å²) in [6, 6.07) is 4.53. The first kappa shape index (κ1) is 12.3. The van der Waals surface area contributed by atoms with Crippen LogP contribution < -0.4 is 5.32 Å². The van der Waals surface area contributed by atoms with E-state index in [0.717, 1.165) is 5.76 Å². The van der Waals surface area contributed by atoms with Crippen LogP contribution in [-0.4, -0.2) is 19.8 Å². The van der Waals surface area contributed by atoms with E-state index in [1.807, 2.05) is 12.1 Å². The minimum absolute atomic E-state index is 0.159. The van der Waals surface area contributed by atoms with Crippen molar-refractivity contribution >= 4 is 0 Å². The van der Waals surface area contributed by atoms with Crippen LogP contribution in [0.2, 0.25) is 0 Å². The molecule has 0 amide bonds. The molecule has 2 atom stereocenters. The maximum atomic E-state index is 5.38. The Morgan fingerprint density at radius 3 is 2.87 bits per heavy atom. The molecule has 0 bridgehead atoms. The molecule has 1 rings (SSSR count). The molecule has 0 aliphatic rings. The molecule has 1 N–H and O–H groups in total. The van der Waals surface area contributed by atoms with Crippen LogP contribution >= 0.6 is 0 Å². The normalized spacial score (nSPS) is 15.1. The summed E-state index contributed by atoms with van der Waals surface area (Å²) in [6.07, 6.45) is 4.05. The van der Waals surface area contributed by atoms with Crippen molar-refractivity contribution in [1.29, 1.82) is 0 Å². The van der Waals surface area contributed by atoms with Crippen molar-refractivity contribution < 1.29 is 9.15 Å². The van der Waals surface area contributed by atoms with Gasteiger partial charge in [-0.3, -0.25) is 0 Å². The molecular formula is C12H21NO2. The molecule has 15 heavy (non-hydrogen) atoms. The van der Waals surface area contributed by atoms with Crippen LogP contribution in [-0.2, 0) is 4.74 Å². The van der Waals surface area contributed by atoms with Crippen LogP contribution in [0.3, 0.4) is 0 Å². The van der Waals surface area contributed by atoms with Gasteiger partial charge in [0.05, 0.1) is 18.9 Å². The Bertz CT molecular complexity index is 246. The van der Waals surface area contributed by atoms with Crippen molar-refractivity contribution in [2.45, 2.75) is 38.8 Å². The molecule has 2 unspecified atom stereocenters. The number of ether oxygens (including phenoxy) is 1. The molecule has 0 saturated carbocycles. The average Bonchev–Trinajstić information content (AvgIpc) is 2.70. The van der Waals surface area contributed by atoms with Crippen molar-refractivity contribution in [3.8, 4) is 0 Å². The highest BCUT2D eigenvalue weighted by atomic mass is 16.5. The zero-order valence-corrected chi connectivity index (χ0v) is 9.82. The number of hydrogen-bond donors (Lipinski definition) is 1. The summed E-state index contributed by atoms with van der Waals surface area (Å²) in [7, 11) is 1.71. The van der Waals surface area contributed by atoms with Gasteiger partial charge in [0.25, 0.3) is 0 Å². The fraction of sp³-hybridized carbons (Fsp3) is 0.667. The van der Waals surface area contributed by atoms with E-state index in [9.17, 15) is 0 Å². The van der Waals surface area contributed by atoms with Gasteiger partial charge in [-0.1, -0.05) is 13.3 Å². The lowest BCUT2D eigenvalue weighted by Crippen LogP contribution is -2.32. The van der Waals surface area contributed by atoms with Gasteiger partial charge < -0.3 is 14.5 Å². The second kappa shape index (κ2) is 6.64. The topological polar surface area (TPSA) is 34.4 Å². The number of methoxy groups -OCH3 is 1. The predicted octanol–water partition coefficient (Wildman–Crippen LogP) is 2.75. The van der Waals surface area contributed by atoms with Crippen LogP contribution in [0.5, 0.6) is 0 Å². The fourth-order valence-corrected chi connectivity index (χ4v) is 1.73. The third-order valence-corrected chi connectivity index (χ3v) is 2.43. The Morgan fingerprint density at radius 2 is 2.33 bits per heavy atom. The minimum atomic E-state index is 0.159. The molecule has 0 aliphatic heterocycles. The van der Waals surface area contributed by atoms with Gasteiger partial charge >= 0.3 is 0 Å². The van der Waals surface area contributed by atoms with Crippen LogP contribution in [0, 0.1) is 0 Å². The van der Waals surface area contributed by atoms with Gasteiger partial charge in [-0.15, -0.1) is 0 Å². The van der Waals surface area contributed by atoms with Gasteiger partial charge in [-0.05, 0) is 25.5 Å². The number of nitrogens with one attached hydrogen (secondary N) is 1. The summed E-state index contributed by atoms with van der Waals surface area (Å²) >= 11 is 0. The Kier molecular flexibility index (Phi) is 5.43. The zero-order chi connectivity index (χ0) is 11.1. The second-order valence-corrected chi connectivity index (χ2v) is 3.88. The Labute approximate surface area is 91.8 Å². The first-order chi connectivity index (χ1) is 7.27. The van der Waals surface area contributed by atoms with Crippen LogP contribution in [0.1, 0.15) is 38.5 Å². The summed E-state index contributed by atoms with van der Waals surface area (Å²) in [5.41, 5.74) is 0.